The second-order valence-electron chi connectivity index (χ2n) is 6.21. The minimum atomic E-state index is -3.36. The smallest absolute Gasteiger partial charge is 0.235 e. The molecule has 6 nitrogen and oxygen atoms in total. The molecule has 0 bridgehead atoms. The highest BCUT2D eigenvalue weighted by molar-refractivity contribution is 7.89. The molecule has 1 heterocycles. The number of carbonyl (C=O) groups is 1. The van der Waals surface area contributed by atoms with Crippen LogP contribution in [0.15, 0.2) is 0 Å². The van der Waals surface area contributed by atoms with Crippen molar-refractivity contribution in [3.8, 4) is 0 Å². The lowest BCUT2D eigenvalue weighted by atomic mass is 10.0. The molecule has 0 radical (unpaired) electrons. The molecule has 7 heteroatoms. The zero-order valence-corrected chi connectivity index (χ0v) is 14.2. The van der Waals surface area contributed by atoms with Crippen LogP contribution in [0, 0.1) is 5.92 Å². The molecule has 124 valence electrons. The highest BCUT2D eigenvalue weighted by atomic mass is 32.2. The molecule has 1 aliphatic heterocycles. The predicted molar refractivity (Wildman–Crippen MR) is 84.5 cm³/mol. The quantitative estimate of drug-likeness (QED) is 0.685. The first-order valence-corrected chi connectivity index (χ1v) is 9.36. The van der Waals surface area contributed by atoms with Gasteiger partial charge in [0, 0.05) is 19.6 Å². The van der Waals surface area contributed by atoms with E-state index in [-0.39, 0.29) is 24.2 Å². The lowest BCUT2D eigenvalue weighted by Crippen LogP contribution is -2.42. The van der Waals surface area contributed by atoms with Crippen LogP contribution in [0.5, 0.6) is 0 Å². The molecule has 0 saturated carbocycles. The summed E-state index contributed by atoms with van der Waals surface area (Å²) in [7, 11) is -1.89. The summed E-state index contributed by atoms with van der Waals surface area (Å²) in [6, 6.07) is 0.289. The lowest BCUT2D eigenvalue weighted by molar-refractivity contribution is -0.121. The number of nitrogens with one attached hydrogen (secondary N) is 2. The van der Waals surface area contributed by atoms with Crippen LogP contribution in [0.2, 0.25) is 0 Å². The highest BCUT2D eigenvalue weighted by Gasteiger charge is 2.23. The van der Waals surface area contributed by atoms with Crippen LogP contribution in [0.25, 0.3) is 0 Å². The fourth-order valence-electron chi connectivity index (χ4n) is 2.29. The minimum absolute atomic E-state index is 0.0959. The fraction of sp³-hybridized carbons (Fsp3) is 0.929. The summed E-state index contributed by atoms with van der Waals surface area (Å²) < 4.78 is 25.5. The van der Waals surface area contributed by atoms with Crippen molar-refractivity contribution in [3.63, 3.8) is 0 Å². The van der Waals surface area contributed by atoms with Crippen LogP contribution in [-0.2, 0) is 14.8 Å². The van der Waals surface area contributed by atoms with Gasteiger partial charge in [0.05, 0.1) is 12.3 Å². The first-order chi connectivity index (χ1) is 9.81. The number of rotatable bonds is 8. The number of piperidine rings is 1. The zero-order chi connectivity index (χ0) is 15.9. The lowest BCUT2D eigenvalue weighted by Gasteiger charge is -2.24. The predicted octanol–water partition coefficient (Wildman–Crippen LogP) is 0.552. The molecule has 1 saturated heterocycles. The molecule has 0 aliphatic carbocycles. The molecule has 0 spiro atoms. The van der Waals surface area contributed by atoms with Crippen molar-refractivity contribution < 1.29 is 13.2 Å². The Bertz CT molecular complexity index is 417. The van der Waals surface area contributed by atoms with Gasteiger partial charge in [-0.15, -0.1) is 0 Å². The maximum absolute atomic E-state index is 12.2. The van der Waals surface area contributed by atoms with Gasteiger partial charge in [-0.1, -0.05) is 20.3 Å². The number of sulfonamides is 1. The molecule has 0 aromatic heterocycles. The standard InChI is InChI=1S/C14H29N3O3S/c1-12(2)10-16-14(18)11-17(3)21(19,20)9-7-13-6-4-5-8-15-13/h12-13,15H,4-11H2,1-3H3,(H,16,18). The summed E-state index contributed by atoms with van der Waals surface area (Å²) in [4.78, 5) is 11.7. The Hall–Kier alpha value is -0.660. The Morgan fingerprint density at radius 2 is 2.10 bits per heavy atom. The first kappa shape index (κ1) is 18.4. The minimum Gasteiger partial charge on any atom is -0.355 e. The number of carbonyl (C=O) groups excluding carboxylic acids is 1. The summed E-state index contributed by atoms with van der Waals surface area (Å²) in [5.41, 5.74) is 0. The van der Waals surface area contributed by atoms with Crippen molar-refractivity contribution in [1.29, 1.82) is 0 Å². The monoisotopic (exact) mass is 319 g/mol. The maximum Gasteiger partial charge on any atom is 0.235 e. The Labute approximate surface area is 128 Å². The van der Waals surface area contributed by atoms with Gasteiger partial charge in [-0.05, 0) is 31.7 Å². The molecule has 0 aromatic carbocycles. The third kappa shape index (κ3) is 7.24. The van der Waals surface area contributed by atoms with Gasteiger partial charge >= 0.3 is 0 Å². The molecule has 0 aromatic rings. The van der Waals surface area contributed by atoms with Crippen LogP contribution in [0.1, 0.15) is 39.5 Å². The van der Waals surface area contributed by atoms with Gasteiger partial charge in [0.15, 0.2) is 0 Å². The number of amides is 1. The molecule has 2 N–H and O–H groups in total. The third-order valence-corrected chi connectivity index (χ3v) is 5.52. The topological polar surface area (TPSA) is 78.5 Å². The normalized spacial score (nSPS) is 20.0. The van der Waals surface area contributed by atoms with Crippen LogP contribution in [0.4, 0.5) is 0 Å². The van der Waals surface area contributed by atoms with E-state index in [4.69, 9.17) is 0 Å². The number of nitrogens with zero attached hydrogens (tertiary/aromatic N) is 1. The molecule has 1 amide bonds. The molecular formula is C14H29N3O3S. The van der Waals surface area contributed by atoms with Gasteiger partial charge in [-0.25, -0.2) is 8.42 Å². The second-order valence-corrected chi connectivity index (χ2v) is 8.40. The summed E-state index contributed by atoms with van der Waals surface area (Å²) >= 11 is 0. The molecule has 21 heavy (non-hydrogen) atoms. The van der Waals surface area contributed by atoms with E-state index in [0.29, 0.717) is 18.9 Å². The van der Waals surface area contributed by atoms with E-state index >= 15 is 0 Å². The van der Waals surface area contributed by atoms with E-state index in [0.717, 1.165) is 23.7 Å². The molecule has 1 aliphatic rings. The van der Waals surface area contributed by atoms with Gasteiger partial charge in [0.25, 0.3) is 0 Å². The second kappa shape index (κ2) is 8.70. The molecule has 1 unspecified atom stereocenters. The van der Waals surface area contributed by atoms with Crippen molar-refractivity contribution in [2.45, 2.75) is 45.6 Å². The van der Waals surface area contributed by atoms with E-state index < -0.39 is 10.0 Å². The molecule has 1 atom stereocenters. The molecule has 1 fully saturated rings. The van der Waals surface area contributed by atoms with Crippen molar-refractivity contribution in [2.24, 2.45) is 5.92 Å². The van der Waals surface area contributed by atoms with Gasteiger partial charge in [-0.2, -0.15) is 4.31 Å². The van der Waals surface area contributed by atoms with E-state index in [1.165, 1.54) is 13.5 Å². The number of hydrogen-bond acceptors (Lipinski definition) is 4. The van der Waals surface area contributed by atoms with Crippen molar-refractivity contribution in [1.82, 2.24) is 14.9 Å². The van der Waals surface area contributed by atoms with Crippen LogP contribution < -0.4 is 10.6 Å². The fourth-order valence-corrected chi connectivity index (χ4v) is 3.50. The first-order valence-electron chi connectivity index (χ1n) is 7.75. The average Bonchev–Trinajstić information content (AvgIpc) is 2.44. The van der Waals surface area contributed by atoms with E-state index in [9.17, 15) is 13.2 Å². The summed E-state index contributed by atoms with van der Waals surface area (Å²) in [6.07, 6.45) is 3.97. The van der Waals surface area contributed by atoms with E-state index in [2.05, 4.69) is 10.6 Å². The van der Waals surface area contributed by atoms with Gasteiger partial charge < -0.3 is 10.6 Å². The van der Waals surface area contributed by atoms with Crippen molar-refractivity contribution in [3.05, 3.63) is 0 Å². The summed E-state index contributed by atoms with van der Waals surface area (Å²) in [6.45, 7) is 5.43. The zero-order valence-electron chi connectivity index (χ0n) is 13.4. The van der Waals surface area contributed by atoms with Crippen molar-refractivity contribution >= 4 is 15.9 Å². The van der Waals surface area contributed by atoms with E-state index in [1.54, 1.807) is 0 Å². The molecule has 1 rings (SSSR count). The Morgan fingerprint density at radius 1 is 1.38 bits per heavy atom. The Morgan fingerprint density at radius 3 is 2.67 bits per heavy atom. The summed E-state index contributed by atoms with van der Waals surface area (Å²) in [5.74, 6) is 0.206. The van der Waals surface area contributed by atoms with E-state index in [1.807, 2.05) is 13.8 Å². The Balaban J connectivity index is 2.36. The van der Waals surface area contributed by atoms with Gasteiger partial charge in [-0.3, -0.25) is 4.79 Å². The third-order valence-electron chi connectivity index (χ3n) is 3.69. The van der Waals surface area contributed by atoms with Crippen LogP contribution >= 0.6 is 0 Å². The summed E-state index contributed by atoms with van der Waals surface area (Å²) in [5, 5.41) is 6.08. The molecular weight excluding hydrogens is 290 g/mol. The Kier molecular flexibility index (Phi) is 7.62. The average molecular weight is 319 g/mol. The number of likely N-dealkylation sites (N-methyl/N-ethyl adjacent to an activating group) is 1. The van der Waals surface area contributed by atoms with Gasteiger partial charge in [0.2, 0.25) is 15.9 Å². The maximum atomic E-state index is 12.2. The SMILES string of the molecule is CC(C)CNC(=O)CN(C)S(=O)(=O)CCC1CCCCN1. The largest absolute Gasteiger partial charge is 0.355 e. The van der Waals surface area contributed by atoms with Gasteiger partial charge in [0.1, 0.15) is 0 Å². The number of hydrogen-bond donors (Lipinski definition) is 2. The highest BCUT2D eigenvalue weighted by Crippen LogP contribution is 2.12. The van der Waals surface area contributed by atoms with Crippen molar-refractivity contribution in [2.75, 3.05) is 32.4 Å². The van der Waals surface area contributed by atoms with Crippen LogP contribution in [-0.4, -0.2) is 57.1 Å². The van der Waals surface area contributed by atoms with Crippen LogP contribution in [0.3, 0.4) is 0 Å².